The molecule has 1 atom stereocenters. The van der Waals surface area contributed by atoms with Crippen molar-refractivity contribution in [1.82, 2.24) is 26.3 Å². The second-order valence-corrected chi connectivity index (χ2v) is 12.5. The van der Waals surface area contributed by atoms with Crippen LogP contribution < -0.4 is 27.0 Å². The minimum atomic E-state index is -0.596. The van der Waals surface area contributed by atoms with E-state index in [-0.39, 0.29) is 22.3 Å². The zero-order chi connectivity index (χ0) is 29.7. The maximum Gasteiger partial charge on any atom is 0.165 e. The standard InChI is InChI=1S/C30H27Cl2FN8OS/c1-15-2-3-23(27(33)26(15)32)38-28-16(8-34)9-35-29-20(28)6-17(7-22(29)31)37-30(24-10-36-40-39-24)21-14-43-25-11-41(5-4-19(21)25)18-12-42-13-18/h2-3,6-7,9-10,14,18,30,36-37,39-40H,4-5,11-13H2,1H3,(H,35,38)/t30-/m0/s1. The fourth-order valence-corrected chi connectivity index (χ4v) is 7.29. The van der Waals surface area contributed by atoms with Gasteiger partial charge in [-0.05, 0) is 53.6 Å². The predicted molar refractivity (Wildman–Crippen MR) is 168 cm³/mol. The van der Waals surface area contributed by atoms with Crippen LogP contribution in [0.4, 0.5) is 21.5 Å². The van der Waals surface area contributed by atoms with Gasteiger partial charge in [0.15, 0.2) is 5.82 Å². The molecule has 4 aromatic rings. The number of hydrogen-bond donors (Lipinski definition) is 5. The van der Waals surface area contributed by atoms with Crippen LogP contribution >= 0.6 is 34.5 Å². The Balaban J connectivity index is 1.27. The zero-order valence-corrected chi connectivity index (χ0v) is 25.4. The first-order valence-corrected chi connectivity index (χ1v) is 15.4. The quantitative estimate of drug-likeness (QED) is 0.166. The first-order chi connectivity index (χ1) is 20.9. The van der Waals surface area contributed by atoms with Gasteiger partial charge in [0.1, 0.15) is 6.07 Å². The van der Waals surface area contributed by atoms with E-state index >= 15 is 4.39 Å². The van der Waals surface area contributed by atoms with Gasteiger partial charge in [-0.1, -0.05) is 29.3 Å². The highest BCUT2D eigenvalue weighted by Crippen LogP contribution is 2.40. The smallest absolute Gasteiger partial charge is 0.165 e. The van der Waals surface area contributed by atoms with E-state index in [1.54, 1.807) is 30.4 Å². The molecule has 7 rings (SSSR count). The predicted octanol–water partition coefficient (Wildman–Crippen LogP) is 6.03. The lowest BCUT2D eigenvalue weighted by Gasteiger charge is -2.39. The van der Waals surface area contributed by atoms with Crippen molar-refractivity contribution in [3.05, 3.63) is 90.7 Å². The fraction of sp³-hybridized carbons (Fsp3) is 0.267. The maximum atomic E-state index is 15.1. The van der Waals surface area contributed by atoms with Gasteiger partial charge in [-0.25, -0.2) is 4.39 Å². The molecule has 0 unspecified atom stereocenters. The minimum Gasteiger partial charge on any atom is -0.378 e. The lowest BCUT2D eigenvalue weighted by Crippen LogP contribution is -2.50. The summed E-state index contributed by atoms with van der Waals surface area (Å²) in [6.07, 6.45) is 4.27. The molecule has 220 valence electrons. The van der Waals surface area contributed by atoms with Crippen molar-refractivity contribution >= 4 is 62.5 Å². The highest BCUT2D eigenvalue weighted by Gasteiger charge is 2.33. The van der Waals surface area contributed by atoms with Gasteiger partial charge in [0.25, 0.3) is 0 Å². The first kappa shape index (κ1) is 28.2. The number of nitriles is 1. The van der Waals surface area contributed by atoms with Crippen LogP contribution in [0.25, 0.3) is 10.9 Å². The van der Waals surface area contributed by atoms with Crippen LogP contribution in [0.2, 0.25) is 10.0 Å². The fourth-order valence-electron chi connectivity index (χ4n) is 5.70. The van der Waals surface area contributed by atoms with E-state index in [1.807, 2.05) is 18.3 Å². The van der Waals surface area contributed by atoms with Gasteiger partial charge in [0.2, 0.25) is 0 Å². The monoisotopic (exact) mass is 636 g/mol. The minimum absolute atomic E-state index is 0.0212. The summed E-state index contributed by atoms with van der Waals surface area (Å²) in [7, 11) is 0. The van der Waals surface area contributed by atoms with Crippen molar-refractivity contribution < 1.29 is 9.13 Å². The Hall–Kier alpha value is -3.63. The molecular formula is C30H27Cl2FN8OS. The van der Waals surface area contributed by atoms with Crippen molar-refractivity contribution in [1.29, 1.82) is 5.26 Å². The van der Waals surface area contributed by atoms with E-state index in [1.165, 1.54) is 22.2 Å². The number of benzene rings is 2. The Morgan fingerprint density at radius 3 is 2.88 bits per heavy atom. The van der Waals surface area contributed by atoms with Crippen LogP contribution in [-0.4, -0.2) is 35.7 Å². The number of hydrazine groups is 2. The summed E-state index contributed by atoms with van der Waals surface area (Å²) in [5.41, 5.74) is 15.2. The lowest BCUT2D eigenvalue weighted by molar-refractivity contribution is -0.0691. The highest BCUT2D eigenvalue weighted by atomic mass is 35.5. The Morgan fingerprint density at radius 1 is 1.28 bits per heavy atom. The summed E-state index contributed by atoms with van der Waals surface area (Å²) >= 11 is 14.7. The molecule has 0 bridgehead atoms. The van der Waals surface area contributed by atoms with Crippen LogP contribution in [0.5, 0.6) is 0 Å². The number of rotatable bonds is 7. The van der Waals surface area contributed by atoms with E-state index < -0.39 is 5.82 Å². The van der Waals surface area contributed by atoms with E-state index in [0.717, 1.165) is 38.4 Å². The molecule has 3 aliphatic heterocycles. The summed E-state index contributed by atoms with van der Waals surface area (Å²) in [5.74, 6) is -0.596. The van der Waals surface area contributed by atoms with Crippen molar-refractivity contribution in [3.63, 3.8) is 0 Å². The van der Waals surface area contributed by atoms with Gasteiger partial charge in [-0.2, -0.15) is 10.8 Å². The van der Waals surface area contributed by atoms with E-state index in [4.69, 9.17) is 27.9 Å². The highest BCUT2D eigenvalue weighted by molar-refractivity contribution is 7.10. The number of aryl methyl sites for hydroxylation is 1. The molecule has 3 aliphatic rings. The second-order valence-electron chi connectivity index (χ2n) is 10.8. The molecule has 0 spiro atoms. The number of nitrogens with zero attached hydrogens (tertiary/aromatic N) is 3. The van der Waals surface area contributed by atoms with E-state index in [9.17, 15) is 5.26 Å². The number of pyridine rings is 1. The van der Waals surface area contributed by atoms with Gasteiger partial charge < -0.3 is 26.2 Å². The number of aromatic nitrogens is 1. The molecule has 43 heavy (non-hydrogen) atoms. The number of thiophene rings is 1. The van der Waals surface area contributed by atoms with E-state index in [0.29, 0.717) is 38.9 Å². The second kappa shape index (κ2) is 11.5. The average Bonchev–Trinajstić information content (AvgIpc) is 3.66. The lowest BCUT2D eigenvalue weighted by atomic mass is 9.95. The third-order valence-electron chi connectivity index (χ3n) is 8.17. The third kappa shape index (κ3) is 5.14. The molecule has 5 N–H and O–H groups in total. The molecule has 13 heteroatoms. The van der Waals surface area contributed by atoms with Crippen LogP contribution in [0, 0.1) is 24.1 Å². The summed E-state index contributed by atoms with van der Waals surface area (Å²) < 4.78 is 20.5. The van der Waals surface area contributed by atoms with Crippen LogP contribution in [0.15, 0.2) is 47.7 Å². The summed E-state index contributed by atoms with van der Waals surface area (Å²) in [6, 6.07) is 9.45. The van der Waals surface area contributed by atoms with Crippen LogP contribution in [0.3, 0.4) is 0 Å². The molecule has 0 saturated carbocycles. The molecule has 0 radical (unpaired) electrons. The zero-order valence-electron chi connectivity index (χ0n) is 23.0. The Kier molecular flexibility index (Phi) is 7.51. The van der Waals surface area contributed by atoms with Crippen LogP contribution in [0.1, 0.15) is 33.2 Å². The number of fused-ring (bicyclic) bond motifs is 2. The Morgan fingerprint density at radius 2 is 2.14 bits per heavy atom. The van der Waals surface area contributed by atoms with Crippen LogP contribution in [-0.2, 0) is 17.7 Å². The molecule has 1 saturated heterocycles. The molecule has 2 aromatic carbocycles. The SMILES string of the molecule is Cc1ccc(Nc2c(C#N)cnc3c(Cl)cc(N[C@H](C4=CNNN4)c4csc5c4CCN(C4COC4)C5)cc23)c(F)c1Cl. The molecular weight excluding hydrogens is 610 g/mol. The summed E-state index contributed by atoms with van der Waals surface area (Å²) in [6.45, 7) is 5.24. The molecule has 9 nitrogen and oxygen atoms in total. The van der Waals surface area contributed by atoms with Gasteiger partial charge >= 0.3 is 0 Å². The van der Waals surface area contributed by atoms with Crippen molar-refractivity contribution in [3.8, 4) is 6.07 Å². The normalized spacial score (nSPS) is 17.3. The first-order valence-electron chi connectivity index (χ1n) is 13.8. The molecule has 1 fully saturated rings. The number of nitrogens with one attached hydrogen (secondary N) is 5. The summed E-state index contributed by atoms with van der Waals surface area (Å²) in [4.78, 5) is 8.32. The van der Waals surface area contributed by atoms with Gasteiger partial charge in [0, 0.05) is 41.4 Å². The van der Waals surface area contributed by atoms with Crippen molar-refractivity contribution in [2.24, 2.45) is 0 Å². The molecule has 0 aliphatic carbocycles. The Bertz CT molecular complexity index is 1820. The average molecular weight is 638 g/mol. The largest absolute Gasteiger partial charge is 0.378 e. The van der Waals surface area contributed by atoms with Gasteiger partial charge in [-0.3, -0.25) is 9.88 Å². The molecule has 2 aromatic heterocycles. The molecule has 0 amide bonds. The maximum absolute atomic E-state index is 15.1. The summed E-state index contributed by atoms with van der Waals surface area (Å²) in [5, 5.41) is 19.9. The number of hydrogen-bond acceptors (Lipinski definition) is 10. The van der Waals surface area contributed by atoms with E-state index in [2.05, 4.69) is 48.4 Å². The van der Waals surface area contributed by atoms with Crippen molar-refractivity contribution in [2.75, 3.05) is 30.4 Å². The van der Waals surface area contributed by atoms with Gasteiger partial charge in [0.05, 0.1) is 63.5 Å². The topological polar surface area (TPSA) is 109 Å². The van der Waals surface area contributed by atoms with Crippen molar-refractivity contribution in [2.45, 2.75) is 32.0 Å². The van der Waals surface area contributed by atoms with Gasteiger partial charge in [-0.15, -0.1) is 11.3 Å². The number of anilines is 3. The number of ether oxygens (including phenoxy) is 1. The Labute approximate surface area is 261 Å². The third-order valence-corrected chi connectivity index (χ3v) is 9.95. The molecule has 5 heterocycles. The number of halogens is 3.